The second kappa shape index (κ2) is 3.12. The first kappa shape index (κ1) is 7.07. The van der Waals surface area contributed by atoms with Gasteiger partial charge in [-0.05, 0) is 0 Å². The van der Waals surface area contributed by atoms with Gasteiger partial charge in [-0.3, -0.25) is 0 Å². The lowest BCUT2D eigenvalue weighted by molar-refractivity contribution is 0.196. The van der Waals surface area contributed by atoms with E-state index in [1.54, 1.807) is 7.05 Å². The largest absolute Gasteiger partial charge is 0.411 e. The first-order valence-electron chi connectivity index (χ1n) is 1.71. The zero-order valence-electron chi connectivity index (χ0n) is 3.92. The maximum atomic E-state index is 8.28. The quantitative estimate of drug-likeness (QED) is 0.304. The van der Waals surface area contributed by atoms with Gasteiger partial charge in [-0.25, -0.2) is 0 Å². The molecule has 2 nitrogen and oxygen atoms in total. The third kappa shape index (κ3) is 2.73. The van der Waals surface area contributed by atoms with Gasteiger partial charge in [0.05, 0.1) is 0 Å². The molecule has 0 aliphatic carbocycles. The van der Waals surface area contributed by atoms with E-state index in [1.807, 2.05) is 0 Å². The first-order chi connectivity index (χ1) is 3.18. The molecule has 0 aliphatic heterocycles. The van der Waals surface area contributed by atoms with Crippen molar-refractivity contribution in [1.29, 1.82) is 0 Å². The van der Waals surface area contributed by atoms with Gasteiger partial charge in [-0.1, -0.05) is 4.32 Å². The molecule has 0 radical (unpaired) electrons. The van der Waals surface area contributed by atoms with Crippen LogP contribution in [-0.2, 0) is 12.6 Å². The highest BCUT2D eigenvalue weighted by Crippen LogP contribution is 1.79. The van der Waals surface area contributed by atoms with Crippen LogP contribution >= 0.6 is 12.2 Å². The molecule has 0 saturated heterocycles. The van der Waals surface area contributed by atoms with Crippen LogP contribution in [0.25, 0.3) is 0 Å². The van der Waals surface area contributed by atoms with Gasteiger partial charge in [-0.15, -0.1) is 0 Å². The Kier molecular flexibility index (Phi) is 3.15. The van der Waals surface area contributed by atoms with Crippen molar-refractivity contribution in [2.24, 2.45) is 0 Å². The fourth-order valence-corrected chi connectivity index (χ4v) is 0.173. The lowest BCUT2D eigenvalue weighted by Gasteiger charge is -2.18. The molecule has 0 aliphatic rings. The summed E-state index contributed by atoms with van der Waals surface area (Å²) in [5.74, 6) is 0. The third-order valence-corrected chi connectivity index (χ3v) is 1.15. The van der Waals surface area contributed by atoms with Gasteiger partial charge in [0.15, 0.2) is 0 Å². The molecule has 1 N–H and O–H groups in total. The SMILES string of the molecule is CN(CO)C(=S)[S-]. The smallest absolute Gasteiger partial charge is 0.114 e. The van der Waals surface area contributed by atoms with Crippen LogP contribution in [0.4, 0.5) is 0 Å². The molecule has 0 spiro atoms. The van der Waals surface area contributed by atoms with E-state index in [0.717, 1.165) is 0 Å². The molecule has 0 heterocycles. The molecule has 0 aromatic rings. The summed E-state index contributed by atoms with van der Waals surface area (Å²) in [4.78, 5) is 1.39. The molecule has 0 rings (SSSR count). The molecule has 0 bridgehead atoms. The zero-order valence-corrected chi connectivity index (χ0v) is 5.55. The van der Waals surface area contributed by atoms with E-state index in [4.69, 9.17) is 5.11 Å². The van der Waals surface area contributed by atoms with E-state index in [-0.39, 0.29) is 6.73 Å². The standard InChI is InChI=1S/C3H7NOS2/c1-4(2-5)3(6)7/h5H,2H2,1H3,(H,6,7)/p-1. The van der Waals surface area contributed by atoms with Crippen LogP contribution in [0.5, 0.6) is 0 Å². The predicted octanol–water partition coefficient (Wildman–Crippen LogP) is -0.300. The Balaban J connectivity index is 3.34. The van der Waals surface area contributed by atoms with Crippen molar-refractivity contribution in [2.75, 3.05) is 13.8 Å². The predicted molar refractivity (Wildman–Crippen MR) is 34.8 cm³/mol. The maximum Gasteiger partial charge on any atom is 0.114 e. The van der Waals surface area contributed by atoms with E-state index in [1.165, 1.54) is 4.90 Å². The van der Waals surface area contributed by atoms with Crippen molar-refractivity contribution in [3.05, 3.63) is 0 Å². The Hall–Kier alpha value is 0.0700. The minimum absolute atomic E-state index is 0.0949. The second-order valence-electron chi connectivity index (χ2n) is 1.11. The molecular weight excluding hydrogens is 130 g/mol. The minimum atomic E-state index is -0.0949. The third-order valence-electron chi connectivity index (χ3n) is 0.524. The van der Waals surface area contributed by atoms with Crippen LogP contribution in [0.15, 0.2) is 0 Å². The monoisotopic (exact) mass is 136 g/mol. The highest BCUT2D eigenvalue weighted by molar-refractivity contribution is 8.00. The van der Waals surface area contributed by atoms with Crippen LogP contribution in [0, 0.1) is 0 Å². The molecule has 0 atom stereocenters. The molecule has 42 valence electrons. The van der Waals surface area contributed by atoms with Crippen molar-refractivity contribution in [1.82, 2.24) is 4.90 Å². The van der Waals surface area contributed by atoms with E-state index < -0.39 is 0 Å². The van der Waals surface area contributed by atoms with E-state index in [2.05, 4.69) is 24.8 Å². The molecule has 0 aromatic heterocycles. The maximum absolute atomic E-state index is 8.28. The number of hydrogen-bond donors (Lipinski definition) is 1. The molecule has 7 heavy (non-hydrogen) atoms. The van der Waals surface area contributed by atoms with Gasteiger partial charge in [0.2, 0.25) is 0 Å². The van der Waals surface area contributed by atoms with Crippen LogP contribution in [0.1, 0.15) is 0 Å². The summed E-state index contributed by atoms with van der Waals surface area (Å²) in [5, 5.41) is 8.28. The number of nitrogens with zero attached hydrogens (tertiary/aromatic N) is 1. The van der Waals surface area contributed by atoms with Gasteiger partial charge in [0, 0.05) is 7.05 Å². The molecule has 0 unspecified atom stereocenters. The van der Waals surface area contributed by atoms with Crippen LogP contribution in [0.3, 0.4) is 0 Å². The van der Waals surface area contributed by atoms with Gasteiger partial charge in [0.25, 0.3) is 0 Å². The van der Waals surface area contributed by atoms with Crippen LogP contribution in [-0.4, -0.2) is 28.1 Å². The highest BCUT2D eigenvalue weighted by Gasteiger charge is 1.82. The van der Waals surface area contributed by atoms with Crippen LogP contribution < -0.4 is 0 Å². The number of aliphatic hydroxyl groups is 1. The summed E-state index contributed by atoms with van der Waals surface area (Å²) < 4.78 is 0.294. The molecule has 0 aromatic carbocycles. The number of thiocarbonyl (C=S) groups is 1. The Morgan fingerprint density at radius 3 is 2.43 bits per heavy atom. The average molecular weight is 136 g/mol. The van der Waals surface area contributed by atoms with Crippen molar-refractivity contribution in [2.45, 2.75) is 0 Å². The molecule has 0 fully saturated rings. The summed E-state index contributed by atoms with van der Waals surface area (Å²) in [6.07, 6.45) is 0. The summed E-state index contributed by atoms with van der Waals surface area (Å²) in [6, 6.07) is 0. The molecule has 0 saturated carbocycles. The van der Waals surface area contributed by atoms with E-state index in [0.29, 0.717) is 4.32 Å². The van der Waals surface area contributed by atoms with Gasteiger partial charge >= 0.3 is 0 Å². The Bertz CT molecular complexity index is 75.3. The summed E-state index contributed by atoms with van der Waals surface area (Å²) in [5.41, 5.74) is 0. The summed E-state index contributed by atoms with van der Waals surface area (Å²) in [7, 11) is 1.63. The summed E-state index contributed by atoms with van der Waals surface area (Å²) in [6.45, 7) is -0.0949. The van der Waals surface area contributed by atoms with Gasteiger partial charge in [-0.2, -0.15) is 0 Å². The average Bonchev–Trinajstić information content (AvgIpc) is 1.65. The van der Waals surface area contributed by atoms with Crippen molar-refractivity contribution in [3.63, 3.8) is 0 Å². The summed E-state index contributed by atoms with van der Waals surface area (Å²) >= 11 is 9.00. The Morgan fingerprint density at radius 1 is 2.00 bits per heavy atom. The number of aliphatic hydroxyl groups excluding tert-OH is 1. The lowest BCUT2D eigenvalue weighted by Crippen LogP contribution is -2.23. The molecule has 0 amide bonds. The molecule has 4 heteroatoms. The Labute approximate surface area is 53.5 Å². The van der Waals surface area contributed by atoms with Crippen molar-refractivity contribution >= 4 is 29.2 Å². The fraction of sp³-hybridized carbons (Fsp3) is 0.667. The highest BCUT2D eigenvalue weighted by atomic mass is 32.1. The fourth-order valence-electron chi connectivity index (χ4n) is 0.0577. The normalized spacial score (nSPS) is 8.29. The van der Waals surface area contributed by atoms with Crippen molar-refractivity contribution in [3.8, 4) is 0 Å². The minimum Gasteiger partial charge on any atom is -0.411 e. The van der Waals surface area contributed by atoms with E-state index in [9.17, 15) is 0 Å². The van der Waals surface area contributed by atoms with E-state index >= 15 is 0 Å². The van der Waals surface area contributed by atoms with Gasteiger partial charge in [0.1, 0.15) is 6.73 Å². The molecular formula is C3H6NOS2-. The number of hydrogen-bond acceptors (Lipinski definition) is 3. The first-order valence-corrected chi connectivity index (χ1v) is 2.53. The van der Waals surface area contributed by atoms with Crippen LogP contribution in [0.2, 0.25) is 0 Å². The lowest BCUT2D eigenvalue weighted by atomic mass is 10.9. The second-order valence-corrected chi connectivity index (χ2v) is 2.14. The number of rotatable bonds is 1. The zero-order chi connectivity index (χ0) is 5.86. The van der Waals surface area contributed by atoms with Crippen molar-refractivity contribution < 1.29 is 5.11 Å². The Morgan fingerprint density at radius 2 is 2.43 bits per heavy atom. The topological polar surface area (TPSA) is 23.5 Å². The van der Waals surface area contributed by atoms with Gasteiger partial charge < -0.3 is 34.9 Å².